The molecule has 1 saturated heterocycles. The van der Waals surface area contributed by atoms with Gasteiger partial charge in [0.2, 0.25) is 0 Å². The van der Waals surface area contributed by atoms with Crippen LogP contribution in [0.5, 0.6) is 0 Å². The van der Waals surface area contributed by atoms with Gasteiger partial charge in [-0.15, -0.1) is 0 Å². The van der Waals surface area contributed by atoms with Crippen LogP contribution in [0.25, 0.3) is 44.1 Å². The van der Waals surface area contributed by atoms with Crippen molar-refractivity contribution >= 4 is 45.6 Å². The molecule has 0 aliphatic carbocycles. The number of pyridine rings is 2. The minimum Gasteiger partial charge on any atom is -0.398 e. The van der Waals surface area contributed by atoms with Crippen molar-refractivity contribution in [2.24, 2.45) is 0 Å². The van der Waals surface area contributed by atoms with Gasteiger partial charge in [-0.3, -0.25) is 4.98 Å². The van der Waals surface area contributed by atoms with Gasteiger partial charge in [0.25, 0.3) is 0 Å². The Morgan fingerprint density at radius 1 is 0.634 bits per heavy atom. The third kappa shape index (κ3) is 4.69. The Balaban J connectivity index is 1.71. The van der Waals surface area contributed by atoms with Gasteiger partial charge in [-0.25, -0.2) is 15.0 Å². The average Bonchev–Trinajstić information content (AvgIpc) is 3.12. The van der Waals surface area contributed by atoms with Crippen molar-refractivity contribution in [1.82, 2.24) is 19.9 Å². The van der Waals surface area contributed by atoms with E-state index in [1.54, 1.807) is 0 Å². The Morgan fingerprint density at radius 3 is 1.80 bits per heavy atom. The van der Waals surface area contributed by atoms with Gasteiger partial charge in [0, 0.05) is 38.6 Å². The molecule has 0 atom stereocenters. The third-order valence-corrected chi connectivity index (χ3v) is 8.50. The van der Waals surface area contributed by atoms with E-state index in [4.69, 9.17) is 29.2 Å². The fraction of sp³-hybridized carbons (Fsp3) is 0.412. The molecule has 41 heavy (non-hydrogen) atoms. The summed E-state index contributed by atoms with van der Waals surface area (Å²) in [4.78, 5) is 20.8. The van der Waals surface area contributed by atoms with E-state index in [1.807, 2.05) is 24.3 Å². The van der Waals surface area contributed by atoms with E-state index in [2.05, 4.69) is 99.6 Å². The number of para-hydroxylation sites is 2. The maximum Gasteiger partial charge on any atom is 0.516 e. The average molecular weight is 547 g/mol. The molecule has 1 aliphatic rings. The fourth-order valence-electron chi connectivity index (χ4n) is 5.20. The van der Waals surface area contributed by atoms with Crippen molar-refractivity contribution in [3.8, 4) is 11.3 Å². The van der Waals surface area contributed by atoms with Crippen LogP contribution in [0, 0.1) is 0 Å². The van der Waals surface area contributed by atoms with Gasteiger partial charge in [0.15, 0.2) is 0 Å². The number of rotatable bonds is 2. The van der Waals surface area contributed by atoms with E-state index in [1.165, 1.54) is 0 Å². The highest BCUT2D eigenvalue weighted by atomic mass is 16.7. The van der Waals surface area contributed by atoms with Gasteiger partial charge < -0.3 is 9.31 Å². The minimum absolute atomic E-state index is 0.0887. The highest BCUT2D eigenvalue weighted by Gasteiger charge is 2.53. The zero-order valence-electron chi connectivity index (χ0n) is 25.9. The SMILES string of the molecule is CC(C)(C)c1ccc2ccc3c(-c4nc5ccccc5nc4B4OC(C)(C)C(C)(C)O4)cc(C(C)(C)C)nc3c2n1. The second kappa shape index (κ2) is 9.04. The Kier molecular flexibility index (Phi) is 6.12. The van der Waals surface area contributed by atoms with Crippen LogP contribution in [0.15, 0.2) is 54.6 Å². The number of benzene rings is 2. The predicted molar refractivity (Wildman–Crippen MR) is 169 cm³/mol. The lowest BCUT2D eigenvalue weighted by atomic mass is 9.79. The Morgan fingerprint density at radius 2 is 1.20 bits per heavy atom. The third-order valence-electron chi connectivity index (χ3n) is 8.50. The Hall–Kier alpha value is -3.42. The summed E-state index contributed by atoms with van der Waals surface area (Å²) in [6, 6.07) is 18.7. The highest BCUT2D eigenvalue weighted by Crippen LogP contribution is 2.39. The summed E-state index contributed by atoms with van der Waals surface area (Å²) in [5, 5.41) is 2.04. The lowest BCUT2D eigenvalue weighted by Crippen LogP contribution is -2.41. The van der Waals surface area contributed by atoms with E-state index >= 15 is 0 Å². The molecular formula is C34H39BN4O2. The summed E-state index contributed by atoms with van der Waals surface area (Å²) in [6.45, 7) is 21.4. The van der Waals surface area contributed by atoms with E-state index in [0.717, 1.165) is 55.5 Å². The van der Waals surface area contributed by atoms with Crippen LogP contribution < -0.4 is 5.59 Å². The zero-order chi connectivity index (χ0) is 29.5. The van der Waals surface area contributed by atoms with Gasteiger partial charge in [-0.1, -0.05) is 71.9 Å². The molecule has 1 fully saturated rings. The van der Waals surface area contributed by atoms with Gasteiger partial charge in [-0.05, 0) is 52.0 Å². The predicted octanol–water partition coefficient (Wildman–Crippen LogP) is 7.29. The minimum atomic E-state index is -0.667. The zero-order valence-corrected chi connectivity index (χ0v) is 25.9. The molecule has 2 aromatic carbocycles. The van der Waals surface area contributed by atoms with E-state index in [9.17, 15) is 0 Å². The van der Waals surface area contributed by atoms with Crippen molar-refractivity contribution in [3.05, 3.63) is 66.0 Å². The molecular weight excluding hydrogens is 507 g/mol. The Labute approximate surface area is 243 Å². The molecule has 0 bridgehead atoms. The quantitative estimate of drug-likeness (QED) is 0.171. The number of aromatic nitrogens is 4. The summed E-state index contributed by atoms with van der Waals surface area (Å²) in [5.74, 6) is 0. The number of fused-ring (bicyclic) bond motifs is 4. The maximum absolute atomic E-state index is 6.54. The maximum atomic E-state index is 6.54. The molecule has 5 aromatic rings. The largest absolute Gasteiger partial charge is 0.516 e. The molecule has 6 nitrogen and oxygen atoms in total. The van der Waals surface area contributed by atoms with Gasteiger partial charge >= 0.3 is 7.12 Å². The molecule has 0 unspecified atom stereocenters. The van der Waals surface area contributed by atoms with Crippen LogP contribution in [-0.4, -0.2) is 38.3 Å². The molecule has 0 saturated carbocycles. The van der Waals surface area contributed by atoms with Gasteiger partial charge in [0.05, 0.1) is 44.6 Å². The van der Waals surface area contributed by atoms with Crippen molar-refractivity contribution < 1.29 is 9.31 Å². The first kappa shape index (κ1) is 27.7. The fourth-order valence-corrected chi connectivity index (χ4v) is 5.20. The van der Waals surface area contributed by atoms with Crippen molar-refractivity contribution in [1.29, 1.82) is 0 Å². The van der Waals surface area contributed by atoms with Crippen LogP contribution >= 0.6 is 0 Å². The lowest BCUT2D eigenvalue weighted by molar-refractivity contribution is 0.00578. The van der Waals surface area contributed by atoms with Crippen molar-refractivity contribution in [2.75, 3.05) is 0 Å². The topological polar surface area (TPSA) is 70.0 Å². The molecule has 0 N–H and O–H groups in total. The first-order valence-electron chi connectivity index (χ1n) is 14.4. The molecule has 0 radical (unpaired) electrons. The van der Waals surface area contributed by atoms with Crippen molar-refractivity contribution in [3.63, 3.8) is 0 Å². The summed E-state index contributed by atoms with van der Waals surface area (Å²) in [6.07, 6.45) is 0. The van der Waals surface area contributed by atoms with E-state index in [0.29, 0.717) is 5.59 Å². The second-order valence-electron chi connectivity index (χ2n) is 14.3. The van der Waals surface area contributed by atoms with Crippen LogP contribution in [0.1, 0.15) is 80.6 Å². The Bertz CT molecular complexity index is 1820. The monoisotopic (exact) mass is 546 g/mol. The molecule has 0 spiro atoms. The summed E-state index contributed by atoms with van der Waals surface area (Å²) < 4.78 is 13.1. The summed E-state index contributed by atoms with van der Waals surface area (Å²) >= 11 is 0. The number of nitrogens with zero attached hydrogens (tertiary/aromatic N) is 4. The second-order valence-corrected chi connectivity index (χ2v) is 14.3. The molecule has 4 heterocycles. The molecule has 3 aromatic heterocycles. The molecule has 7 heteroatoms. The van der Waals surface area contributed by atoms with Crippen LogP contribution in [0.4, 0.5) is 0 Å². The summed E-state index contributed by atoms with van der Waals surface area (Å²) in [5.41, 5.74) is 6.43. The van der Waals surface area contributed by atoms with Crippen molar-refractivity contribution in [2.45, 2.75) is 91.3 Å². The first-order chi connectivity index (χ1) is 19.0. The van der Waals surface area contributed by atoms with E-state index in [-0.39, 0.29) is 10.8 Å². The molecule has 1 aliphatic heterocycles. The van der Waals surface area contributed by atoms with Crippen LogP contribution in [0.2, 0.25) is 0 Å². The number of hydrogen-bond acceptors (Lipinski definition) is 6. The number of hydrogen-bond donors (Lipinski definition) is 0. The normalized spacial score (nSPS) is 17.2. The lowest BCUT2D eigenvalue weighted by Gasteiger charge is -2.32. The molecule has 210 valence electrons. The smallest absolute Gasteiger partial charge is 0.398 e. The highest BCUT2D eigenvalue weighted by molar-refractivity contribution is 6.63. The summed E-state index contributed by atoms with van der Waals surface area (Å²) in [7, 11) is -0.667. The molecule has 0 amide bonds. The van der Waals surface area contributed by atoms with E-state index < -0.39 is 18.3 Å². The molecule has 6 rings (SSSR count). The first-order valence-corrected chi connectivity index (χ1v) is 14.4. The standard InChI is InChI=1S/C34H39BN4O2/c1-31(2,3)25-18-16-20-15-17-21-22(19-26(32(4,5)6)39-28(21)27(20)38-25)29-30(35-40-33(7,8)34(9,10)41-35)37-24-14-12-11-13-23(24)36-29/h11-19H,1-10H3. The van der Waals surface area contributed by atoms with Crippen LogP contribution in [-0.2, 0) is 20.1 Å². The van der Waals surface area contributed by atoms with Gasteiger partial charge in [-0.2, -0.15) is 0 Å². The van der Waals surface area contributed by atoms with Gasteiger partial charge in [0.1, 0.15) is 0 Å². The van der Waals surface area contributed by atoms with Crippen LogP contribution in [0.3, 0.4) is 0 Å².